The van der Waals surface area contributed by atoms with Gasteiger partial charge in [-0.2, -0.15) is 0 Å². The van der Waals surface area contributed by atoms with Gasteiger partial charge in [0.25, 0.3) is 0 Å². The molecule has 0 aliphatic heterocycles. The van der Waals surface area contributed by atoms with Crippen molar-refractivity contribution in [1.82, 2.24) is 5.32 Å². The Morgan fingerprint density at radius 3 is 2.42 bits per heavy atom. The summed E-state index contributed by atoms with van der Waals surface area (Å²) in [7, 11) is 3.31. The minimum absolute atomic E-state index is 0.0482. The van der Waals surface area contributed by atoms with Gasteiger partial charge in [0.05, 0.1) is 12.2 Å². The Hall–Kier alpha value is -0.930. The normalized spacial score (nSPS) is 38.1. The molecule has 0 heterocycles. The van der Waals surface area contributed by atoms with Gasteiger partial charge in [0.2, 0.25) is 0 Å². The molecule has 8 nitrogen and oxygen atoms in total. The van der Waals surface area contributed by atoms with Gasteiger partial charge in [-0.1, -0.05) is 6.92 Å². The topological polar surface area (TPSA) is 95.5 Å². The van der Waals surface area contributed by atoms with E-state index in [1.807, 2.05) is 20.8 Å². The molecule has 192 valence electrons. The zero-order valence-corrected chi connectivity index (χ0v) is 21.3. The number of ether oxygens (including phenoxy) is 5. The summed E-state index contributed by atoms with van der Waals surface area (Å²) in [5.74, 6) is 1.66. The van der Waals surface area contributed by atoms with E-state index in [0.29, 0.717) is 18.4 Å². The van der Waals surface area contributed by atoms with Crippen LogP contribution in [0.25, 0.3) is 0 Å². The molecule has 0 radical (unpaired) electrons. The summed E-state index contributed by atoms with van der Waals surface area (Å²) < 4.78 is 28.5. The third-order valence-corrected chi connectivity index (χ3v) is 8.05. The van der Waals surface area contributed by atoms with Crippen LogP contribution in [0.5, 0.6) is 0 Å². The molecule has 0 bridgehead atoms. The Morgan fingerprint density at radius 2 is 1.79 bits per heavy atom. The standard InChI is InChI=1S/C25H45NO7/c1-16-9-18-11-20(31-14-29-5)22-19(7-8-26-23(28)33-24(2,3)4)17(13-27)12-25(18,22)21(10-16)32-15-30-6/h16-22,27H,7-15H2,1-6H3,(H,26,28)/t16-,17-,18+,19+,20+,21-,22+,25-/m0/s1. The molecule has 0 saturated heterocycles. The molecule has 3 rings (SSSR count). The summed E-state index contributed by atoms with van der Waals surface area (Å²) in [6.45, 7) is 9.04. The van der Waals surface area contributed by atoms with Crippen LogP contribution in [0.4, 0.5) is 4.79 Å². The van der Waals surface area contributed by atoms with E-state index in [0.717, 1.165) is 32.1 Å². The minimum atomic E-state index is -0.530. The monoisotopic (exact) mass is 471 g/mol. The van der Waals surface area contributed by atoms with Crippen molar-refractivity contribution in [2.24, 2.45) is 35.0 Å². The van der Waals surface area contributed by atoms with Crippen LogP contribution in [0.3, 0.4) is 0 Å². The lowest BCUT2D eigenvalue weighted by Crippen LogP contribution is -2.49. The van der Waals surface area contributed by atoms with Crippen LogP contribution >= 0.6 is 0 Å². The van der Waals surface area contributed by atoms with Crippen LogP contribution in [0.1, 0.15) is 59.8 Å². The molecule has 2 N–H and O–H groups in total. The van der Waals surface area contributed by atoms with Gasteiger partial charge in [-0.3, -0.25) is 0 Å². The Balaban J connectivity index is 1.82. The zero-order valence-electron chi connectivity index (χ0n) is 21.3. The van der Waals surface area contributed by atoms with Gasteiger partial charge < -0.3 is 34.1 Å². The highest BCUT2D eigenvalue weighted by Crippen LogP contribution is 2.68. The van der Waals surface area contributed by atoms with Crippen LogP contribution in [0.2, 0.25) is 0 Å². The number of carbonyl (C=O) groups excluding carboxylic acids is 1. The van der Waals surface area contributed by atoms with E-state index in [1.54, 1.807) is 14.2 Å². The Bertz CT molecular complexity index is 639. The summed E-state index contributed by atoms with van der Waals surface area (Å²) in [4.78, 5) is 12.2. The third kappa shape index (κ3) is 5.84. The fourth-order valence-electron chi connectivity index (χ4n) is 7.20. The van der Waals surface area contributed by atoms with E-state index in [9.17, 15) is 9.90 Å². The Labute approximate surface area is 199 Å². The van der Waals surface area contributed by atoms with E-state index in [4.69, 9.17) is 23.7 Å². The van der Waals surface area contributed by atoms with Crippen molar-refractivity contribution in [3.8, 4) is 0 Å². The van der Waals surface area contributed by atoms with Crippen molar-refractivity contribution >= 4 is 6.09 Å². The van der Waals surface area contributed by atoms with Crippen LogP contribution in [-0.4, -0.2) is 70.0 Å². The predicted molar refractivity (Wildman–Crippen MR) is 123 cm³/mol. The van der Waals surface area contributed by atoms with Crippen LogP contribution in [0, 0.1) is 35.0 Å². The molecule has 0 aromatic heterocycles. The lowest BCUT2D eigenvalue weighted by molar-refractivity contribution is -0.169. The maximum Gasteiger partial charge on any atom is 0.407 e. The summed E-state index contributed by atoms with van der Waals surface area (Å²) in [5.41, 5.74) is -0.578. The van der Waals surface area contributed by atoms with Crippen molar-refractivity contribution in [3.05, 3.63) is 0 Å². The number of hydrogen-bond donors (Lipinski definition) is 2. The summed E-state index contributed by atoms with van der Waals surface area (Å²) in [6, 6.07) is 0. The molecule has 8 heteroatoms. The molecule has 1 spiro atoms. The van der Waals surface area contributed by atoms with Crippen LogP contribution in [0.15, 0.2) is 0 Å². The highest BCUT2D eigenvalue weighted by molar-refractivity contribution is 5.67. The molecule has 33 heavy (non-hydrogen) atoms. The first kappa shape index (κ1) is 26.7. The van der Waals surface area contributed by atoms with Crippen molar-refractivity contribution < 1.29 is 33.6 Å². The third-order valence-electron chi connectivity index (χ3n) is 8.05. The largest absolute Gasteiger partial charge is 0.444 e. The van der Waals surface area contributed by atoms with Crippen molar-refractivity contribution in [2.75, 3.05) is 41.0 Å². The number of alkyl carbamates (subject to hydrolysis) is 1. The van der Waals surface area contributed by atoms with Crippen molar-refractivity contribution in [1.29, 1.82) is 0 Å². The van der Waals surface area contributed by atoms with Crippen LogP contribution in [-0.2, 0) is 23.7 Å². The number of aliphatic hydroxyl groups is 1. The fourth-order valence-corrected chi connectivity index (χ4v) is 7.20. The number of nitrogens with one attached hydrogen (secondary N) is 1. The molecule has 3 aliphatic carbocycles. The second-order valence-corrected chi connectivity index (χ2v) is 11.3. The lowest BCUT2D eigenvalue weighted by Gasteiger charge is -2.49. The highest BCUT2D eigenvalue weighted by atomic mass is 16.7. The molecule has 3 aliphatic rings. The number of carbonyl (C=O) groups is 1. The molecular weight excluding hydrogens is 426 g/mol. The molecule has 0 unspecified atom stereocenters. The van der Waals surface area contributed by atoms with Gasteiger partial charge in [0.1, 0.15) is 19.2 Å². The molecule has 8 atom stereocenters. The SMILES string of the molecule is COCO[C@H]1C[C@@H](C)C[C@@H]2C[C@@H](OCOC)[C@H]3[C@H](CCNC(=O)OC(C)(C)C)[C@H](CO)C[C@@]231. The average Bonchev–Trinajstić information content (AvgIpc) is 3.21. The Morgan fingerprint density at radius 1 is 1.09 bits per heavy atom. The van der Waals surface area contributed by atoms with Crippen molar-refractivity contribution in [2.45, 2.75) is 77.6 Å². The average molecular weight is 472 g/mol. The van der Waals surface area contributed by atoms with Gasteiger partial charge in [-0.05, 0) is 82.5 Å². The van der Waals surface area contributed by atoms with Gasteiger partial charge in [-0.25, -0.2) is 4.79 Å². The molecule has 0 aromatic carbocycles. The first-order valence-corrected chi connectivity index (χ1v) is 12.4. The molecule has 0 aromatic rings. The van der Waals surface area contributed by atoms with Gasteiger partial charge in [-0.15, -0.1) is 0 Å². The second-order valence-electron chi connectivity index (χ2n) is 11.3. The Kier molecular flexibility index (Phi) is 9.06. The molecule has 3 saturated carbocycles. The second kappa shape index (κ2) is 11.2. The summed E-state index contributed by atoms with van der Waals surface area (Å²) in [5, 5.41) is 13.3. The number of hydrogen-bond acceptors (Lipinski definition) is 7. The predicted octanol–water partition coefficient (Wildman–Crippen LogP) is 3.56. The van der Waals surface area contributed by atoms with E-state index in [2.05, 4.69) is 12.2 Å². The van der Waals surface area contributed by atoms with Crippen molar-refractivity contribution in [3.63, 3.8) is 0 Å². The molecular formula is C25H45NO7. The van der Waals surface area contributed by atoms with E-state index in [-0.39, 0.29) is 55.6 Å². The minimum Gasteiger partial charge on any atom is -0.444 e. The first-order chi connectivity index (χ1) is 15.7. The quantitative estimate of drug-likeness (QED) is 0.470. The summed E-state index contributed by atoms with van der Waals surface area (Å²) in [6.07, 6.45) is 4.54. The molecule has 1 amide bonds. The van der Waals surface area contributed by atoms with Gasteiger partial charge in [0.15, 0.2) is 0 Å². The highest BCUT2D eigenvalue weighted by Gasteiger charge is 2.68. The van der Waals surface area contributed by atoms with E-state index < -0.39 is 11.7 Å². The first-order valence-electron chi connectivity index (χ1n) is 12.4. The number of aliphatic hydroxyl groups excluding tert-OH is 1. The maximum atomic E-state index is 12.2. The van der Waals surface area contributed by atoms with Crippen LogP contribution < -0.4 is 5.32 Å². The fraction of sp³-hybridized carbons (Fsp3) is 0.960. The smallest absolute Gasteiger partial charge is 0.407 e. The van der Waals surface area contributed by atoms with E-state index in [1.165, 1.54) is 0 Å². The maximum absolute atomic E-state index is 12.2. The number of amides is 1. The number of rotatable bonds is 10. The zero-order chi connectivity index (χ0) is 24.2. The molecule has 3 fully saturated rings. The number of methoxy groups -OCH3 is 2. The van der Waals surface area contributed by atoms with Gasteiger partial charge in [0, 0.05) is 32.8 Å². The van der Waals surface area contributed by atoms with Gasteiger partial charge >= 0.3 is 6.09 Å². The lowest BCUT2D eigenvalue weighted by atomic mass is 9.60. The van der Waals surface area contributed by atoms with E-state index >= 15 is 0 Å². The summed E-state index contributed by atoms with van der Waals surface area (Å²) >= 11 is 0.